The van der Waals surface area contributed by atoms with Gasteiger partial charge < -0.3 is 5.11 Å². The number of rotatable bonds is 3. The first-order valence-electron chi connectivity index (χ1n) is 5.21. The summed E-state index contributed by atoms with van der Waals surface area (Å²) in [6.07, 6.45) is 1.41. The molecule has 96 valence electrons. The van der Waals surface area contributed by atoms with Gasteiger partial charge in [0.1, 0.15) is 5.75 Å². The molecule has 0 saturated heterocycles. The van der Waals surface area contributed by atoms with Crippen LogP contribution in [-0.2, 0) is 17.1 Å². The number of aryl methyl sites for hydroxylation is 1. The van der Waals surface area contributed by atoms with Gasteiger partial charge >= 0.3 is 0 Å². The number of benzene rings is 1. The quantitative estimate of drug-likeness (QED) is 0.876. The van der Waals surface area contributed by atoms with Crippen LogP contribution in [0.15, 0.2) is 35.5 Å². The summed E-state index contributed by atoms with van der Waals surface area (Å²) in [4.78, 5) is 0. The van der Waals surface area contributed by atoms with Crippen molar-refractivity contribution in [2.75, 3.05) is 4.72 Å². The van der Waals surface area contributed by atoms with Gasteiger partial charge in [-0.1, -0.05) is 6.07 Å². The second kappa shape index (κ2) is 4.34. The molecular formula is C11H13N3O3S. The number of aromatic hydroxyl groups is 1. The zero-order chi connectivity index (χ0) is 13.3. The number of phenols is 1. The Labute approximate surface area is 105 Å². The topological polar surface area (TPSA) is 84.2 Å². The molecule has 0 aliphatic heterocycles. The van der Waals surface area contributed by atoms with E-state index in [2.05, 4.69) is 9.82 Å². The van der Waals surface area contributed by atoms with Crippen LogP contribution < -0.4 is 4.72 Å². The van der Waals surface area contributed by atoms with E-state index in [0.717, 1.165) is 0 Å². The molecule has 2 rings (SSSR count). The van der Waals surface area contributed by atoms with E-state index in [4.69, 9.17) is 0 Å². The molecule has 1 heterocycles. The maximum atomic E-state index is 12.1. The molecule has 0 spiro atoms. The van der Waals surface area contributed by atoms with Gasteiger partial charge in [0.05, 0.1) is 11.9 Å². The second-order valence-electron chi connectivity index (χ2n) is 3.85. The zero-order valence-electron chi connectivity index (χ0n) is 9.95. The van der Waals surface area contributed by atoms with Crippen LogP contribution in [0.1, 0.15) is 5.56 Å². The molecule has 2 N–H and O–H groups in total. The van der Waals surface area contributed by atoms with Crippen molar-refractivity contribution in [3.05, 3.63) is 36.0 Å². The molecule has 0 amide bonds. The molecule has 0 bridgehead atoms. The molecule has 1 aromatic carbocycles. The Morgan fingerprint density at radius 3 is 2.67 bits per heavy atom. The van der Waals surface area contributed by atoms with Gasteiger partial charge in [0.15, 0.2) is 5.03 Å². The van der Waals surface area contributed by atoms with E-state index in [0.29, 0.717) is 11.3 Å². The molecule has 0 fully saturated rings. The van der Waals surface area contributed by atoms with Crippen molar-refractivity contribution < 1.29 is 13.5 Å². The van der Waals surface area contributed by atoms with Crippen molar-refractivity contribution in [3.8, 4) is 5.75 Å². The summed E-state index contributed by atoms with van der Waals surface area (Å²) in [6, 6.07) is 6.06. The average Bonchev–Trinajstić information content (AvgIpc) is 2.72. The molecule has 2 aromatic rings. The second-order valence-corrected chi connectivity index (χ2v) is 5.48. The molecule has 0 unspecified atom stereocenters. The first-order valence-corrected chi connectivity index (χ1v) is 6.69. The van der Waals surface area contributed by atoms with Crippen molar-refractivity contribution in [1.29, 1.82) is 0 Å². The molecule has 0 saturated carbocycles. The van der Waals surface area contributed by atoms with Crippen LogP contribution in [-0.4, -0.2) is 23.3 Å². The predicted molar refractivity (Wildman–Crippen MR) is 66.9 cm³/mol. The van der Waals surface area contributed by atoms with Crippen molar-refractivity contribution in [2.45, 2.75) is 11.9 Å². The third-order valence-corrected chi connectivity index (χ3v) is 4.04. The maximum Gasteiger partial charge on any atom is 0.279 e. The normalized spacial score (nSPS) is 11.4. The Kier molecular flexibility index (Phi) is 3.00. The molecule has 1 aromatic heterocycles. The Morgan fingerprint density at radius 1 is 1.33 bits per heavy atom. The molecule has 0 radical (unpaired) electrons. The Hall–Kier alpha value is -2.02. The zero-order valence-corrected chi connectivity index (χ0v) is 10.8. The molecule has 6 nitrogen and oxygen atoms in total. The van der Waals surface area contributed by atoms with Crippen LogP contribution in [0.2, 0.25) is 0 Å². The lowest BCUT2D eigenvalue weighted by atomic mass is 10.2. The minimum Gasteiger partial charge on any atom is -0.508 e. The third-order valence-electron chi connectivity index (χ3n) is 2.60. The smallest absolute Gasteiger partial charge is 0.279 e. The van der Waals surface area contributed by atoms with E-state index < -0.39 is 10.0 Å². The average molecular weight is 267 g/mol. The number of nitrogens with zero attached hydrogens (tertiary/aromatic N) is 2. The van der Waals surface area contributed by atoms with Gasteiger partial charge in [-0.3, -0.25) is 9.40 Å². The molecular weight excluding hydrogens is 254 g/mol. The molecule has 7 heteroatoms. The number of anilines is 1. The maximum absolute atomic E-state index is 12.1. The van der Waals surface area contributed by atoms with Crippen LogP contribution in [0, 0.1) is 6.92 Å². The number of sulfonamides is 1. The fourth-order valence-electron chi connectivity index (χ4n) is 1.56. The fourth-order valence-corrected chi connectivity index (χ4v) is 2.81. The SMILES string of the molecule is Cc1c(O)cccc1NS(=O)(=O)c1ccnn1C. The molecule has 0 atom stereocenters. The fraction of sp³-hybridized carbons (Fsp3) is 0.182. The first kappa shape index (κ1) is 12.4. The first-order chi connectivity index (χ1) is 8.42. The lowest BCUT2D eigenvalue weighted by molar-refractivity contribution is 0.471. The minimum absolute atomic E-state index is 0.0419. The highest BCUT2D eigenvalue weighted by molar-refractivity contribution is 7.92. The van der Waals surface area contributed by atoms with E-state index >= 15 is 0 Å². The van der Waals surface area contributed by atoms with Crippen molar-refractivity contribution in [3.63, 3.8) is 0 Å². The summed E-state index contributed by atoms with van der Waals surface area (Å²) in [5.74, 6) is 0.0419. The lowest BCUT2D eigenvalue weighted by Crippen LogP contribution is -2.17. The van der Waals surface area contributed by atoms with Crippen LogP contribution in [0.3, 0.4) is 0 Å². The Balaban J connectivity index is 2.40. The van der Waals surface area contributed by atoms with Gasteiger partial charge in [0.2, 0.25) is 0 Å². The standard InChI is InChI=1S/C11H13N3O3S/c1-8-9(4-3-5-10(8)15)13-18(16,17)11-6-7-12-14(11)2/h3-7,13,15H,1-2H3. The minimum atomic E-state index is -3.70. The van der Waals surface area contributed by atoms with Gasteiger partial charge in [-0.05, 0) is 25.1 Å². The summed E-state index contributed by atoms with van der Waals surface area (Å²) < 4.78 is 27.9. The van der Waals surface area contributed by atoms with E-state index in [1.165, 1.54) is 23.0 Å². The van der Waals surface area contributed by atoms with Crippen LogP contribution in [0.4, 0.5) is 5.69 Å². The van der Waals surface area contributed by atoms with Crippen molar-refractivity contribution >= 4 is 15.7 Å². The van der Waals surface area contributed by atoms with Gasteiger partial charge in [0, 0.05) is 12.6 Å². The summed E-state index contributed by atoms with van der Waals surface area (Å²) in [5.41, 5.74) is 0.819. The van der Waals surface area contributed by atoms with E-state index in [-0.39, 0.29) is 10.8 Å². The number of hydrogen-bond acceptors (Lipinski definition) is 4. The molecule has 0 aliphatic carbocycles. The lowest BCUT2D eigenvalue weighted by Gasteiger charge is -2.11. The monoisotopic (exact) mass is 267 g/mol. The van der Waals surface area contributed by atoms with E-state index in [9.17, 15) is 13.5 Å². The highest BCUT2D eigenvalue weighted by Crippen LogP contribution is 2.25. The number of nitrogens with one attached hydrogen (secondary N) is 1. The number of hydrogen-bond donors (Lipinski definition) is 2. The predicted octanol–water partition coefficient (Wildman–Crippen LogP) is 1.23. The van der Waals surface area contributed by atoms with Crippen molar-refractivity contribution in [2.24, 2.45) is 7.05 Å². The van der Waals surface area contributed by atoms with Gasteiger partial charge in [-0.25, -0.2) is 0 Å². The highest BCUT2D eigenvalue weighted by Gasteiger charge is 2.19. The largest absolute Gasteiger partial charge is 0.508 e. The van der Waals surface area contributed by atoms with Crippen LogP contribution in [0.5, 0.6) is 5.75 Å². The summed E-state index contributed by atoms with van der Waals surface area (Å²) in [7, 11) is -2.16. The summed E-state index contributed by atoms with van der Waals surface area (Å²) in [5, 5.41) is 13.4. The molecule has 0 aliphatic rings. The summed E-state index contributed by atoms with van der Waals surface area (Å²) >= 11 is 0. The van der Waals surface area contributed by atoms with Crippen LogP contribution >= 0.6 is 0 Å². The summed E-state index contributed by atoms with van der Waals surface area (Å²) in [6.45, 7) is 1.64. The van der Waals surface area contributed by atoms with Gasteiger partial charge in [-0.2, -0.15) is 13.5 Å². The van der Waals surface area contributed by atoms with Gasteiger partial charge in [0.25, 0.3) is 10.0 Å². The Morgan fingerprint density at radius 2 is 2.06 bits per heavy atom. The van der Waals surface area contributed by atoms with Gasteiger partial charge in [-0.15, -0.1) is 0 Å². The Bertz CT molecular complexity index is 677. The number of aromatic nitrogens is 2. The van der Waals surface area contributed by atoms with E-state index in [1.54, 1.807) is 26.1 Å². The number of phenolic OH excluding ortho intramolecular Hbond substituents is 1. The van der Waals surface area contributed by atoms with Crippen LogP contribution in [0.25, 0.3) is 0 Å². The molecule has 18 heavy (non-hydrogen) atoms. The van der Waals surface area contributed by atoms with E-state index in [1.807, 2.05) is 0 Å². The highest BCUT2D eigenvalue weighted by atomic mass is 32.2. The third kappa shape index (κ3) is 2.17. The van der Waals surface area contributed by atoms with Crippen molar-refractivity contribution in [1.82, 2.24) is 9.78 Å².